The lowest BCUT2D eigenvalue weighted by atomic mass is 9.48. The Morgan fingerprint density at radius 1 is 1.12 bits per heavy atom. The van der Waals surface area contributed by atoms with Gasteiger partial charge in [0.2, 0.25) is 0 Å². The van der Waals surface area contributed by atoms with Crippen molar-refractivity contribution in [2.45, 2.75) is 72.3 Å². The van der Waals surface area contributed by atoms with Crippen LogP contribution in [0.25, 0.3) is 0 Å². The SMILES string of the molecule is CC1CC2CC(C)(O)CC(C(C)(C)C)(C1)C2. The van der Waals surface area contributed by atoms with Gasteiger partial charge in [-0.15, -0.1) is 0 Å². The van der Waals surface area contributed by atoms with Crippen LogP contribution >= 0.6 is 0 Å². The molecule has 0 aromatic heterocycles. The minimum absolute atomic E-state index is 0.324. The number of aliphatic hydroxyl groups is 1. The monoisotopic (exact) mass is 224 g/mol. The standard InChI is InChI=1S/C15H28O/c1-11-6-12-8-14(5,16)10-15(7-11,9-12)13(2,3)4/h11-12,16H,6-10H2,1-5H3. The van der Waals surface area contributed by atoms with Gasteiger partial charge in [0.25, 0.3) is 0 Å². The summed E-state index contributed by atoms with van der Waals surface area (Å²) in [5.41, 5.74) is 0.276. The van der Waals surface area contributed by atoms with E-state index in [2.05, 4.69) is 34.6 Å². The molecular weight excluding hydrogens is 196 g/mol. The number of hydrogen-bond donors (Lipinski definition) is 1. The molecule has 4 unspecified atom stereocenters. The fourth-order valence-electron chi connectivity index (χ4n) is 4.64. The van der Waals surface area contributed by atoms with Crippen LogP contribution in [-0.2, 0) is 0 Å². The molecule has 2 bridgehead atoms. The van der Waals surface area contributed by atoms with E-state index < -0.39 is 5.60 Å². The van der Waals surface area contributed by atoms with Crippen molar-refractivity contribution in [3.8, 4) is 0 Å². The normalized spacial score (nSPS) is 49.1. The highest BCUT2D eigenvalue weighted by Crippen LogP contribution is 2.61. The Bertz CT molecular complexity index is 270. The molecule has 0 saturated heterocycles. The smallest absolute Gasteiger partial charge is 0.0628 e. The maximum absolute atomic E-state index is 10.5. The van der Waals surface area contributed by atoms with Gasteiger partial charge in [-0.2, -0.15) is 0 Å². The summed E-state index contributed by atoms with van der Waals surface area (Å²) in [4.78, 5) is 0. The van der Waals surface area contributed by atoms with Crippen molar-refractivity contribution in [1.82, 2.24) is 0 Å². The highest BCUT2D eigenvalue weighted by molar-refractivity contribution is 5.04. The van der Waals surface area contributed by atoms with Crippen LogP contribution in [-0.4, -0.2) is 10.7 Å². The molecule has 2 saturated carbocycles. The first-order valence-electron chi connectivity index (χ1n) is 6.86. The molecule has 2 rings (SSSR count). The second-order valence-electron chi connectivity index (χ2n) is 8.02. The summed E-state index contributed by atoms with van der Waals surface area (Å²) < 4.78 is 0. The molecule has 94 valence electrons. The topological polar surface area (TPSA) is 20.2 Å². The van der Waals surface area contributed by atoms with Gasteiger partial charge >= 0.3 is 0 Å². The Morgan fingerprint density at radius 3 is 2.31 bits per heavy atom. The van der Waals surface area contributed by atoms with Crippen molar-refractivity contribution >= 4 is 0 Å². The molecule has 0 aromatic carbocycles. The average Bonchev–Trinajstić information content (AvgIpc) is 1.95. The second kappa shape index (κ2) is 3.48. The lowest BCUT2D eigenvalue weighted by Crippen LogP contribution is -2.52. The molecule has 0 aliphatic heterocycles. The van der Waals surface area contributed by atoms with E-state index in [1.807, 2.05) is 0 Å². The first-order valence-corrected chi connectivity index (χ1v) is 6.86. The number of hydrogen-bond acceptors (Lipinski definition) is 1. The van der Waals surface area contributed by atoms with E-state index in [1.54, 1.807) is 0 Å². The van der Waals surface area contributed by atoms with Crippen LogP contribution in [0.4, 0.5) is 0 Å². The van der Waals surface area contributed by atoms with E-state index in [9.17, 15) is 5.11 Å². The Kier molecular flexibility index (Phi) is 2.70. The summed E-state index contributed by atoms with van der Waals surface area (Å²) in [7, 11) is 0. The third-order valence-electron chi connectivity index (χ3n) is 5.19. The minimum atomic E-state index is -0.420. The molecular formula is C15H28O. The lowest BCUT2D eigenvalue weighted by Gasteiger charge is -2.58. The molecule has 1 heteroatoms. The molecule has 2 fully saturated rings. The van der Waals surface area contributed by atoms with Crippen molar-refractivity contribution in [3.05, 3.63) is 0 Å². The van der Waals surface area contributed by atoms with Crippen molar-refractivity contribution in [3.63, 3.8) is 0 Å². The zero-order valence-corrected chi connectivity index (χ0v) is 11.6. The molecule has 0 spiro atoms. The maximum atomic E-state index is 10.5. The van der Waals surface area contributed by atoms with Gasteiger partial charge in [0.15, 0.2) is 0 Å². The van der Waals surface area contributed by atoms with E-state index in [1.165, 1.54) is 19.3 Å². The molecule has 2 aliphatic carbocycles. The van der Waals surface area contributed by atoms with Crippen LogP contribution in [0.5, 0.6) is 0 Å². The number of fused-ring (bicyclic) bond motifs is 2. The largest absolute Gasteiger partial charge is 0.390 e. The predicted molar refractivity (Wildman–Crippen MR) is 68.3 cm³/mol. The molecule has 2 aliphatic rings. The third kappa shape index (κ3) is 2.03. The summed E-state index contributed by atoms with van der Waals surface area (Å²) >= 11 is 0. The first-order chi connectivity index (χ1) is 7.14. The lowest BCUT2D eigenvalue weighted by molar-refractivity contribution is -0.134. The van der Waals surface area contributed by atoms with Crippen molar-refractivity contribution in [2.75, 3.05) is 0 Å². The van der Waals surface area contributed by atoms with Crippen molar-refractivity contribution in [1.29, 1.82) is 0 Å². The van der Waals surface area contributed by atoms with Crippen molar-refractivity contribution < 1.29 is 5.11 Å². The fourth-order valence-corrected chi connectivity index (χ4v) is 4.64. The van der Waals surface area contributed by atoms with Gasteiger partial charge in [0.05, 0.1) is 5.60 Å². The van der Waals surface area contributed by atoms with Crippen LogP contribution in [0.2, 0.25) is 0 Å². The van der Waals surface area contributed by atoms with Gasteiger partial charge in [0.1, 0.15) is 0 Å². The summed E-state index contributed by atoms with van der Waals surface area (Å²) in [6.07, 6.45) is 6.01. The highest BCUT2D eigenvalue weighted by atomic mass is 16.3. The number of rotatable bonds is 0. The van der Waals surface area contributed by atoms with Crippen LogP contribution in [0.1, 0.15) is 66.7 Å². The molecule has 16 heavy (non-hydrogen) atoms. The molecule has 0 aromatic rings. The third-order valence-corrected chi connectivity index (χ3v) is 5.19. The average molecular weight is 224 g/mol. The molecule has 0 amide bonds. The molecule has 1 N–H and O–H groups in total. The zero-order valence-electron chi connectivity index (χ0n) is 11.6. The van der Waals surface area contributed by atoms with Gasteiger partial charge in [0, 0.05) is 0 Å². The minimum Gasteiger partial charge on any atom is -0.390 e. The predicted octanol–water partition coefficient (Wildman–Crippen LogP) is 4.00. The van der Waals surface area contributed by atoms with E-state index >= 15 is 0 Å². The Hall–Kier alpha value is -0.0400. The zero-order chi connectivity index (χ0) is 12.2. The molecule has 0 radical (unpaired) electrons. The molecule has 0 heterocycles. The van der Waals surface area contributed by atoms with E-state index in [0.717, 1.165) is 24.7 Å². The summed E-state index contributed by atoms with van der Waals surface area (Å²) in [6, 6.07) is 0. The first kappa shape index (κ1) is 12.4. The second-order valence-corrected chi connectivity index (χ2v) is 8.02. The van der Waals surface area contributed by atoms with E-state index in [0.29, 0.717) is 10.8 Å². The van der Waals surface area contributed by atoms with Crippen LogP contribution in [0.15, 0.2) is 0 Å². The van der Waals surface area contributed by atoms with E-state index in [-0.39, 0.29) is 0 Å². The van der Waals surface area contributed by atoms with Gasteiger partial charge in [-0.25, -0.2) is 0 Å². The Morgan fingerprint density at radius 2 is 1.75 bits per heavy atom. The highest BCUT2D eigenvalue weighted by Gasteiger charge is 2.54. The Balaban J connectivity index is 2.33. The summed E-state index contributed by atoms with van der Waals surface area (Å²) in [5.74, 6) is 1.60. The van der Waals surface area contributed by atoms with Gasteiger partial charge in [-0.1, -0.05) is 27.7 Å². The van der Waals surface area contributed by atoms with Gasteiger partial charge < -0.3 is 5.11 Å². The van der Waals surface area contributed by atoms with E-state index in [4.69, 9.17) is 0 Å². The van der Waals surface area contributed by atoms with Crippen molar-refractivity contribution in [2.24, 2.45) is 22.7 Å². The van der Waals surface area contributed by atoms with Gasteiger partial charge in [-0.05, 0) is 61.7 Å². The Labute approximate surface area is 101 Å². The fraction of sp³-hybridized carbons (Fsp3) is 1.00. The quantitative estimate of drug-likeness (QED) is 0.659. The van der Waals surface area contributed by atoms with Crippen LogP contribution in [0, 0.1) is 22.7 Å². The van der Waals surface area contributed by atoms with Gasteiger partial charge in [-0.3, -0.25) is 0 Å². The summed E-state index contributed by atoms with van der Waals surface area (Å²) in [5, 5.41) is 10.5. The van der Waals surface area contributed by atoms with Crippen LogP contribution < -0.4 is 0 Å². The van der Waals surface area contributed by atoms with Crippen LogP contribution in [0.3, 0.4) is 0 Å². The molecule has 4 atom stereocenters. The summed E-state index contributed by atoms with van der Waals surface area (Å²) in [6.45, 7) is 11.5. The molecule has 1 nitrogen and oxygen atoms in total. The maximum Gasteiger partial charge on any atom is 0.0628 e.